The monoisotopic (exact) mass is 381 g/mol. The molecule has 3 amide bonds. The van der Waals surface area contributed by atoms with Crippen LogP contribution in [-0.2, 0) is 20.8 Å². The third-order valence-corrected chi connectivity index (χ3v) is 4.40. The van der Waals surface area contributed by atoms with Crippen molar-refractivity contribution in [1.82, 2.24) is 0 Å². The first kappa shape index (κ1) is 21.2. The van der Waals surface area contributed by atoms with Crippen LogP contribution in [0.3, 0.4) is 0 Å². The first-order valence-electron chi connectivity index (χ1n) is 9.36. The molecule has 0 saturated carbocycles. The third-order valence-electron chi connectivity index (χ3n) is 4.40. The number of carbonyl (C=O) groups excluding carboxylic acids is 3. The van der Waals surface area contributed by atoms with Gasteiger partial charge in [0.1, 0.15) is 0 Å². The number of nitrogens with one attached hydrogen (secondary N) is 2. The molecule has 0 aliphatic rings. The minimum Gasteiger partial charge on any atom is -0.326 e. The quantitative estimate of drug-likeness (QED) is 0.763. The summed E-state index contributed by atoms with van der Waals surface area (Å²) >= 11 is 0. The Labute approximate surface area is 165 Å². The Morgan fingerprint density at radius 3 is 2.07 bits per heavy atom. The molecule has 0 atom stereocenters. The highest BCUT2D eigenvalue weighted by Gasteiger charge is 2.18. The maximum absolute atomic E-state index is 12.4. The Kier molecular flexibility index (Phi) is 7.32. The molecule has 2 aromatic carbocycles. The number of aryl methyl sites for hydroxylation is 2. The molecule has 6 nitrogen and oxygen atoms in total. The number of hydrogen-bond acceptors (Lipinski definition) is 3. The van der Waals surface area contributed by atoms with Crippen LogP contribution in [0.1, 0.15) is 38.3 Å². The Bertz CT molecular complexity index is 860. The van der Waals surface area contributed by atoms with E-state index in [0.29, 0.717) is 17.9 Å². The van der Waals surface area contributed by atoms with Gasteiger partial charge in [-0.2, -0.15) is 0 Å². The molecule has 2 rings (SSSR count). The molecule has 0 saturated heterocycles. The van der Waals surface area contributed by atoms with Gasteiger partial charge in [-0.1, -0.05) is 25.1 Å². The lowest BCUT2D eigenvalue weighted by Gasteiger charge is -2.25. The van der Waals surface area contributed by atoms with Gasteiger partial charge in [-0.15, -0.1) is 0 Å². The molecule has 28 heavy (non-hydrogen) atoms. The fourth-order valence-corrected chi connectivity index (χ4v) is 3.09. The molecule has 0 aliphatic carbocycles. The molecule has 6 heteroatoms. The average molecular weight is 381 g/mol. The van der Waals surface area contributed by atoms with Crippen molar-refractivity contribution in [3.8, 4) is 0 Å². The highest BCUT2D eigenvalue weighted by atomic mass is 16.2. The maximum atomic E-state index is 12.4. The minimum absolute atomic E-state index is 0.0866. The van der Waals surface area contributed by atoms with Gasteiger partial charge in [-0.3, -0.25) is 14.4 Å². The van der Waals surface area contributed by atoms with Gasteiger partial charge < -0.3 is 15.5 Å². The molecule has 0 aliphatic heterocycles. The van der Waals surface area contributed by atoms with Crippen molar-refractivity contribution in [2.75, 3.05) is 22.1 Å². The largest absolute Gasteiger partial charge is 0.326 e. The molecule has 0 unspecified atom stereocenters. The molecule has 148 valence electrons. The van der Waals surface area contributed by atoms with Gasteiger partial charge in [-0.05, 0) is 48.7 Å². The summed E-state index contributed by atoms with van der Waals surface area (Å²) in [5, 5.41) is 5.50. The van der Waals surface area contributed by atoms with E-state index in [-0.39, 0.29) is 24.1 Å². The number of carbonyl (C=O) groups is 3. The SMILES string of the molecule is CCc1cccc(C)c1N(CCC(=O)Nc1ccc(NC(C)=O)cc1)C(C)=O. The molecular formula is C22H27N3O3. The first-order valence-corrected chi connectivity index (χ1v) is 9.36. The predicted octanol–water partition coefficient (Wildman–Crippen LogP) is 3.90. The third kappa shape index (κ3) is 5.67. The van der Waals surface area contributed by atoms with Gasteiger partial charge in [-0.25, -0.2) is 0 Å². The van der Waals surface area contributed by atoms with E-state index < -0.39 is 0 Å². The lowest BCUT2D eigenvalue weighted by atomic mass is 10.0. The summed E-state index contributed by atoms with van der Waals surface area (Å²) in [4.78, 5) is 37.3. The molecule has 0 spiro atoms. The summed E-state index contributed by atoms with van der Waals surface area (Å²) in [7, 11) is 0. The predicted molar refractivity (Wildman–Crippen MR) is 113 cm³/mol. The van der Waals surface area contributed by atoms with Crippen molar-refractivity contribution in [2.24, 2.45) is 0 Å². The van der Waals surface area contributed by atoms with Crippen LogP contribution < -0.4 is 15.5 Å². The van der Waals surface area contributed by atoms with Crippen LogP contribution >= 0.6 is 0 Å². The smallest absolute Gasteiger partial charge is 0.226 e. The topological polar surface area (TPSA) is 78.5 Å². The number of para-hydroxylation sites is 1. The number of hydrogen-bond donors (Lipinski definition) is 2. The number of benzene rings is 2. The van der Waals surface area contributed by atoms with E-state index in [1.807, 2.05) is 32.0 Å². The molecule has 0 radical (unpaired) electrons. The van der Waals surface area contributed by atoms with Crippen molar-refractivity contribution in [3.05, 3.63) is 53.6 Å². The molecular weight excluding hydrogens is 354 g/mol. The zero-order valence-corrected chi connectivity index (χ0v) is 16.8. The maximum Gasteiger partial charge on any atom is 0.226 e. The molecule has 0 fully saturated rings. The second kappa shape index (κ2) is 9.69. The summed E-state index contributed by atoms with van der Waals surface area (Å²) < 4.78 is 0. The van der Waals surface area contributed by atoms with Crippen LogP contribution in [0.4, 0.5) is 17.1 Å². The Morgan fingerprint density at radius 1 is 0.929 bits per heavy atom. The minimum atomic E-state index is -0.176. The Morgan fingerprint density at radius 2 is 1.54 bits per heavy atom. The summed E-state index contributed by atoms with van der Waals surface area (Å²) in [6.07, 6.45) is 0.998. The number of nitrogens with zero attached hydrogens (tertiary/aromatic N) is 1. The molecule has 2 aromatic rings. The summed E-state index contributed by atoms with van der Waals surface area (Å²) in [6, 6.07) is 12.9. The van der Waals surface area contributed by atoms with E-state index >= 15 is 0 Å². The van der Waals surface area contributed by atoms with Crippen molar-refractivity contribution < 1.29 is 14.4 Å². The van der Waals surface area contributed by atoms with E-state index in [2.05, 4.69) is 10.6 Å². The van der Waals surface area contributed by atoms with Gasteiger partial charge in [0, 0.05) is 43.9 Å². The fraction of sp³-hybridized carbons (Fsp3) is 0.318. The second-order valence-electron chi connectivity index (χ2n) is 6.66. The van der Waals surface area contributed by atoms with E-state index in [9.17, 15) is 14.4 Å². The van der Waals surface area contributed by atoms with Gasteiger partial charge in [0.05, 0.1) is 0 Å². The Hall–Kier alpha value is -3.15. The number of amides is 3. The van der Waals surface area contributed by atoms with Gasteiger partial charge in [0.2, 0.25) is 17.7 Å². The summed E-state index contributed by atoms with van der Waals surface area (Å²) in [6.45, 7) is 7.29. The average Bonchev–Trinajstić information content (AvgIpc) is 2.63. The molecule has 0 aromatic heterocycles. The van der Waals surface area contributed by atoms with Crippen molar-refractivity contribution >= 4 is 34.8 Å². The lowest BCUT2D eigenvalue weighted by Crippen LogP contribution is -2.33. The van der Waals surface area contributed by atoms with Crippen molar-refractivity contribution in [2.45, 2.75) is 40.5 Å². The number of rotatable bonds is 7. The number of anilines is 3. The normalized spacial score (nSPS) is 10.3. The van der Waals surface area contributed by atoms with Crippen LogP contribution in [-0.4, -0.2) is 24.3 Å². The van der Waals surface area contributed by atoms with E-state index in [4.69, 9.17) is 0 Å². The second-order valence-corrected chi connectivity index (χ2v) is 6.66. The Balaban J connectivity index is 2.03. The van der Waals surface area contributed by atoms with Crippen molar-refractivity contribution in [1.29, 1.82) is 0 Å². The first-order chi connectivity index (χ1) is 13.3. The van der Waals surface area contributed by atoms with E-state index in [1.54, 1.807) is 29.2 Å². The van der Waals surface area contributed by atoms with E-state index in [0.717, 1.165) is 23.2 Å². The van der Waals surface area contributed by atoms with Crippen LogP contribution in [0.15, 0.2) is 42.5 Å². The highest BCUT2D eigenvalue weighted by Crippen LogP contribution is 2.26. The van der Waals surface area contributed by atoms with Crippen LogP contribution in [0, 0.1) is 6.92 Å². The summed E-state index contributed by atoms with van der Waals surface area (Å²) in [5.41, 5.74) is 4.30. The van der Waals surface area contributed by atoms with E-state index in [1.165, 1.54) is 13.8 Å². The van der Waals surface area contributed by atoms with Gasteiger partial charge in [0.25, 0.3) is 0 Å². The molecule has 2 N–H and O–H groups in total. The van der Waals surface area contributed by atoms with Gasteiger partial charge in [0.15, 0.2) is 0 Å². The fourth-order valence-electron chi connectivity index (χ4n) is 3.09. The zero-order chi connectivity index (χ0) is 20.7. The summed E-state index contributed by atoms with van der Waals surface area (Å²) in [5.74, 6) is -0.412. The van der Waals surface area contributed by atoms with Crippen LogP contribution in [0.25, 0.3) is 0 Å². The lowest BCUT2D eigenvalue weighted by molar-refractivity contribution is -0.117. The molecule has 0 heterocycles. The standard InChI is InChI=1S/C22H27N3O3/c1-5-18-8-6-7-15(2)22(18)25(17(4)27)14-13-21(28)24-20-11-9-19(10-12-20)23-16(3)26/h6-12H,5,13-14H2,1-4H3,(H,23,26)(H,24,28). The molecule has 0 bridgehead atoms. The van der Waals surface area contributed by atoms with Crippen LogP contribution in [0.2, 0.25) is 0 Å². The van der Waals surface area contributed by atoms with Crippen molar-refractivity contribution in [3.63, 3.8) is 0 Å². The highest BCUT2D eigenvalue weighted by molar-refractivity contribution is 5.96. The van der Waals surface area contributed by atoms with Crippen LogP contribution in [0.5, 0.6) is 0 Å². The van der Waals surface area contributed by atoms with Gasteiger partial charge >= 0.3 is 0 Å². The zero-order valence-electron chi connectivity index (χ0n) is 16.8.